The van der Waals surface area contributed by atoms with Crippen molar-refractivity contribution in [3.8, 4) is 5.75 Å². The number of benzene rings is 3. The number of nitrogens with zero attached hydrogens (tertiary/aromatic N) is 3. The maximum absolute atomic E-state index is 13.9. The van der Waals surface area contributed by atoms with Crippen LogP contribution in [0.1, 0.15) is 36.7 Å². The number of halogens is 2. The molecular formula is C25H21BrFN3O2. The minimum Gasteiger partial charge on any atom is -0.488 e. The van der Waals surface area contributed by atoms with Gasteiger partial charge in [0.1, 0.15) is 24.0 Å². The van der Waals surface area contributed by atoms with E-state index >= 15 is 0 Å². The fraction of sp³-hybridized carbons (Fsp3) is 0.160. The van der Waals surface area contributed by atoms with E-state index in [1.54, 1.807) is 36.5 Å². The molecule has 0 amide bonds. The van der Waals surface area contributed by atoms with Gasteiger partial charge in [-0.1, -0.05) is 60.1 Å². The summed E-state index contributed by atoms with van der Waals surface area (Å²) in [5, 5.41) is 4.93. The van der Waals surface area contributed by atoms with Crippen LogP contribution in [0, 0.1) is 5.82 Å². The number of rotatable bonds is 6. The summed E-state index contributed by atoms with van der Waals surface area (Å²) in [5.41, 5.74) is 1.50. The van der Waals surface area contributed by atoms with Crippen LogP contribution in [-0.2, 0) is 6.61 Å². The molecule has 3 aromatic carbocycles. The summed E-state index contributed by atoms with van der Waals surface area (Å²) in [4.78, 5) is 17.8. The largest absolute Gasteiger partial charge is 0.488 e. The molecule has 0 aliphatic carbocycles. The molecule has 0 spiro atoms. The Morgan fingerprint density at radius 3 is 2.66 bits per heavy atom. The third-order valence-electron chi connectivity index (χ3n) is 4.92. The van der Waals surface area contributed by atoms with Crippen molar-refractivity contribution >= 4 is 33.0 Å². The summed E-state index contributed by atoms with van der Waals surface area (Å²) in [6, 6.07) is 19.2. The van der Waals surface area contributed by atoms with Crippen molar-refractivity contribution in [2.24, 2.45) is 5.10 Å². The Balaban J connectivity index is 1.71. The summed E-state index contributed by atoms with van der Waals surface area (Å²) in [6.45, 7) is 4.01. The fourth-order valence-electron chi connectivity index (χ4n) is 3.26. The molecule has 0 bridgehead atoms. The van der Waals surface area contributed by atoms with Crippen LogP contribution in [-0.4, -0.2) is 15.9 Å². The van der Waals surface area contributed by atoms with Crippen LogP contribution in [0.4, 0.5) is 4.39 Å². The zero-order valence-corrected chi connectivity index (χ0v) is 19.2. The predicted octanol–water partition coefficient (Wildman–Crippen LogP) is 5.88. The molecule has 4 aromatic rings. The van der Waals surface area contributed by atoms with Crippen molar-refractivity contribution in [3.63, 3.8) is 0 Å². The number of para-hydroxylation sites is 1. The Morgan fingerprint density at radius 1 is 1.12 bits per heavy atom. The van der Waals surface area contributed by atoms with Crippen LogP contribution in [0.2, 0.25) is 0 Å². The molecule has 1 heterocycles. The highest BCUT2D eigenvalue weighted by Crippen LogP contribution is 2.21. The highest BCUT2D eigenvalue weighted by molar-refractivity contribution is 9.10. The SMILES string of the molecule is CC(C)c1nc2ccc(Br)cc2c(=O)n1N=Cc1ccccc1OCc1ccccc1F. The van der Waals surface area contributed by atoms with E-state index in [-0.39, 0.29) is 23.9 Å². The molecule has 5 nitrogen and oxygen atoms in total. The first-order valence-corrected chi connectivity index (χ1v) is 10.9. The Labute approximate surface area is 193 Å². The molecule has 0 saturated carbocycles. The normalized spacial score (nSPS) is 11.5. The maximum atomic E-state index is 13.9. The van der Waals surface area contributed by atoms with Gasteiger partial charge in [-0.15, -0.1) is 0 Å². The lowest BCUT2D eigenvalue weighted by molar-refractivity contribution is 0.299. The zero-order valence-electron chi connectivity index (χ0n) is 17.6. The van der Waals surface area contributed by atoms with E-state index in [1.165, 1.54) is 10.7 Å². The smallest absolute Gasteiger partial charge is 0.282 e. The molecule has 4 rings (SSSR count). The number of hydrogen-bond donors (Lipinski definition) is 0. The second kappa shape index (κ2) is 9.44. The molecule has 0 radical (unpaired) electrons. The van der Waals surface area contributed by atoms with Crippen molar-refractivity contribution in [1.82, 2.24) is 9.66 Å². The highest BCUT2D eigenvalue weighted by Gasteiger charge is 2.14. The van der Waals surface area contributed by atoms with Crippen molar-refractivity contribution in [3.05, 3.63) is 104 Å². The Bertz CT molecular complexity index is 1370. The van der Waals surface area contributed by atoms with Gasteiger partial charge in [-0.3, -0.25) is 4.79 Å². The number of hydrogen-bond acceptors (Lipinski definition) is 4. The third kappa shape index (κ3) is 4.62. The molecule has 1 aromatic heterocycles. The summed E-state index contributed by atoms with van der Waals surface area (Å²) < 4.78 is 21.9. The van der Waals surface area contributed by atoms with E-state index in [0.29, 0.717) is 33.6 Å². The summed E-state index contributed by atoms with van der Waals surface area (Å²) in [5.74, 6) is 0.765. The van der Waals surface area contributed by atoms with Crippen molar-refractivity contribution < 1.29 is 9.13 Å². The van der Waals surface area contributed by atoms with Crippen LogP contribution in [0.25, 0.3) is 10.9 Å². The van der Waals surface area contributed by atoms with Crippen LogP contribution >= 0.6 is 15.9 Å². The molecule has 32 heavy (non-hydrogen) atoms. The number of aromatic nitrogens is 2. The van der Waals surface area contributed by atoms with Crippen LogP contribution < -0.4 is 10.3 Å². The van der Waals surface area contributed by atoms with E-state index in [4.69, 9.17) is 4.74 Å². The van der Waals surface area contributed by atoms with E-state index in [9.17, 15) is 9.18 Å². The zero-order chi connectivity index (χ0) is 22.7. The third-order valence-corrected chi connectivity index (χ3v) is 5.42. The molecular weight excluding hydrogens is 473 g/mol. The first-order chi connectivity index (χ1) is 15.4. The topological polar surface area (TPSA) is 56.5 Å². The lowest BCUT2D eigenvalue weighted by atomic mass is 10.2. The monoisotopic (exact) mass is 493 g/mol. The molecule has 0 unspecified atom stereocenters. The van der Waals surface area contributed by atoms with Gasteiger partial charge in [0.05, 0.1) is 17.1 Å². The first-order valence-electron chi connectivity index (χ1n) is 10.2. The van der Waals surface area contributed by atoms with Crippen molar-refractivity contribution in [1.29, 1.82) is 0 Å². The molecule has 0 aliphatic heterocycles. The van der Waals surface area contributed by atoms with E-state index in [1.807, 2.05) is 44.2 Å². The average Bonchev–Trinajstić information content (AvgIpc) is 2.78. The van der Waals surface area contributed by atoms with Gasteiger partial charge >= 0.3 is 0 Å². The van der Waals surface area contributed by atoms with Crippen molar-refractivity contribution in [2.45, 2.75) is 26.4 Å². The Hall–Kier alpha value is -3.32. The Morgan fingerprint density at radius 2 is 1.88 bits per heavy atom. The lowest BCUT2D eigenvalue weighted by Gasteiger charge is -2.12. The van der Waals surface area contributed by atoms with Crippen LogP contribution in [0.3, 0.4) is 0 Å². The molecule has 0 saturated heterocycles. The molecule has 0 N–H and O–H groups in total. The fourth-order valence-corrected chi connectivity index (χ4v) is 3.62. The van der Waals surface area contributed by atoms with E-state index in [0.717, 1.165) is 4.47 Å². The van der Waals surface area contributed by atoms with Gasteiger partial charge in [0.2, 0.25) is 0 Å². The van der Waals surface area contributed by atoms with Crippen LogP contribution in [0.5, 0.6) is 5.75 Å². The lowest BCUT2D eigenvalue weighted by Crippen LogP contribution is -2.23. The summed E-state index contributed by atoms with van der Waals surface area (Å²) in [7, 11) is 0. The number of ether oxygens (including phenoxy) is 1. The maximum Gasteiger partial charge on any atom is 0.282 e. The molecule has 0 aliphatic rings. The molecule has 0 fully saturated rings. The van der Waals surface area contributed by atoms with Gasteiger partial charge < -0.3 is 4.74 Å². The quantitative estimate of drug-likeness (QED) is 0.315. The van der Waals surface area contributed by atoms with Gasteiger partial charge in [0.15, 0.2) is 0 Å². The molecule has 7 heteroatoms. The highest BCUT2D eigenvalue weighted by atomic mass is 79.9. The van der Waals surface area contributed by atoms with Gasteiger partial charge in [0.25, 0.3) is 5.56 Å². The molecule has 0 atom stereocenters. The van der Waals surface area contributed by atoms with E-state index in [2.05, 4.69) is 26.0 Å². The van der Waals surface area contributed by atoms with Crippen LogP contribution in [0.15, 0.2) is 81.1 Å². The standard InChI is InChI=1S/C25H21BrFN3O2/c1-16(2)24-29-22-12-11-19(26)13-20(22)25(31)30(24)28-14-17-7-4-6-10-23(17)32-15-18-8-3-5-9-21(18)27/h3-14,16H,15H2,1-2H3. The van der Waals surface area contributed by atoms with Gasteiger partial charge in [-0.05, 0) is 36.4 Å². The van der Waals surface area contributed by atoms with Gasteiger partial charge in [0, 0.05) is 21.5 Å². The average molecular weight is 494 g/mol. The summed E-state index contributed by atoms with van der Waals surface area (Å²) in [6.07, 6.45) is 1.56. The van der Waals surface area contributed by atoms with E-state index < -0.39 is 0 Å². The number of fused-ring (bicyclic) bond motifs is 1. The Kier molecular flexibility index (Phi) is 6.46. The van der Waals surface area contributed by atoms with Gasteiger partial charge in [-0.25, -0.2) is 9.37 Å². The minimum atomic E-state index is -0.319. The second-order valence-electron chi connectivity index (χ2n) is 7.57. The van der Waals surface area contributed by atoms with Crippen molar-refractivity contribution in [2.75, 3.05) is 0 Å². The minimum absolute atomic E-state index is 0.0135. The first kappa shape index (κ1) is 21.9. The molecule has 162 valence electrons. The summed E-state index contributed by atoms with van der Waals surface area (Å²) >= 11 is 3.41. The second-order valence-corrected chi connectivity index (χ2v) is 8.48. The van der Waals surface area contributed by atoms with Gasteiger partial charge in [-0.2, -0.15) is 9.78 Å². The predicted molar refractivity (Wildman–Crippen MR) is 128 cm³/mol.